The minimum absolute atomic E-state index is 0.140. The van der Waals surface area contributed by atoms with Crippen LogP contribution in [0.3, 0.4) is 0 Å². The molecule has 0 saturated heterocycles. The summed E-state index contributed by atoms with van der Waals surface area (Å²) in [5.41, 5.74) is 3.43. The molecule has 1 aliphatic carbocycles. The first-order valence-electron chi connectivity index (χ1n) is 5.83. The van der Waals surface area contributed by atoms with Gasteiger partial charge in [-0.3, -0.25) is 0 Å². The highest BCUT2D eigenvalue weighted by molar-refractivity contribution is 6.18. The van der Waals surface area contributed by atoms with Crippen molar-refractivity contribution in [3.8, 4) is 0 Å². The quantitative estimate of drug-likeness (QED) is 0.797. The second-order valence-electron chi connectivity index (χ2n) is 4.14. The number of hydrogen-bond acceptors (Lipinski definition) is 3. The van der Waals surface area contributed by atoms with Crippen molar-refractivity contribution in [2.45, 2.75) is 26.7 Å². The largest absolute Gasteiger partial charge is 0.511 e. The predicted molar refractivity (Wildman–Crippen MR) is 65.7 cm³/mol. The molecule has 3 nitrogen and oxygen atoms in total. The maximum atomic E-state index is 11.8. The first-order valence-corrected chi connectivity index (χ1v) is 5.83. The monoisotopic (exact) mass is 232 g/mol. The molecule has 0 aliphatic heterocycles. The maximum absolute atomic E-state index is 11.8. The summed E-state index contributed by atoms with van der Waals surface area (Å²) >= 11 is 0. The first-order chi connectivity index (χ1) is 8.15. The van der Waals surface area contributed by atoms with Crippen molar-refractivity contribution < 1.29 is 14.6 Å². The van der Waals surface area contributed by atoms with E-state index in [0.29, 0.717) is 18.6 Å². The van der Waals surface area contributed by atoms with Crippen LogP contribution in [0.15, 0.2) is 24.0 Å². The Morgan fingerprint density at radius 2 is 2.18 bits per heavy atom. The Morgan fingerprint density at radius 3 is 2.88 bits per heavy atom. The summed E-state index contributed by atoms with van der Waals surface area (Å²) in [6.07, 6.45) is 1.28. The first kappa shape index (κ1) is 11.7. The van der Waals surface area contributed by atoms with Gasteiger partial charge >= 0.3 is 5.97 Å². The van der Waals surface area contributed by atoms with E-state index < -0.39 is 5.97 Å². The van der Waals surface area contributed by atoms with E-state index >= 15 is 0 Å². The van der Waals surface area contributed by atoms with E-state index in [1.807, 2.05) is 25.1 Å². The Hall–Kier alpha value is -1.77. The number of aryl methyl sites for hydroxylation is 1. The zero-order valence-electron chi connectivity index (χ0n) is 10.1. The fourth-order valence-electron chi connectivity index (χ4n) is 2.22. The molecule has 0 fully saturated rings. The van der Waals surface area contributed by atoms with Gasteiger partial charge in [0.25, 0.3) is 0 Å². The highest BCUT2D eigenvalue weighted by Gasteiger charge is 2.25. The Labute approximate surface area is 101 Å². The predicted octanol–water partition coefficient (Wildman–Crippen LogP) is 2.77. The average molecular weight is 232 g/mol. The summed E-state index contributed by atoms with van der Waals surface area (Å²) in [5.74, 6) is -0.293. The van der Waals surface area contributed by atoms with Crippen molar-refractivity contribution in [2.75, 3.05) is 6.61 Å². The van der Waals surface area contributed by atoms with Crippen molar-refractivity contribution in [3.63, 3.8) is 0 Å². The van der Waals surface area contributed by atoms with Crippen molar-refractivity contribution >= 4 is 11.5 Å². The number of benzene rings is 1. The third kappa shape index (κ3) is 2.05. The van der Waals surface area contributed by atoms with E-state index in [1.54, 1.807) is 6.92 Å². The van der Waals surface area contributed by atoms with E-state index in [9.17, 15) is 9.90 Å². The third-order valence-corrected chi connectivity index (χ3v) is 3.06. The molecule has 0 atom stereocenters. The molecular formula is C14H16O3. The van der Waals surface area contributed by atoms with Crippen LogP contribution < -0.4 is 0 Å². The number of esters is 1. The number of aliphatic hydroxyl groups is 1. The van der Waals surface area contributed by atoms with Gasteiger partial charge in [0, 0.05) is 6.42 Å². The summed E-state index contributed by atoms with van der Waals surface area (Å²) in [7, 11) is 0. The molecule has 3 heteroatoms. The van der Waals surface area contributed by atoms with Crippen molar-refractivity contribution in [1.29, 1.82) is 0 Å². The van der Waals surface area contributed by atoms with Gasteiger partial charge in [0.2, 0.25) is 0 Å². The van der Waals surface area contributed by atoms with Crippen LogP contribution in [0.4, 0.5) is 0 Å². The lowest BCUT2D eigenvalue weighted by Gasteiger charge is -2.20. The molecule has 0 saturated carbocycles. The fourth-order valence-corrected chi connectivity index (χ4v) is 2.22. The molecule has 1 N–H and O–H groups in total. The normalized spacial score (nSPS) is 14.5. The number of hydrogen-bond donors (Lipinski definition) is 1. The Balaban J connectivity index is 2.51. The van der Waals surface area contributed by atoms with Crippen LogP contribution in [0.5, 0.6) is 0 Å². The zero-order valence-corrected chi connectivity index (χ0v) is 10.1. The average Bonchev–Trinajstić information content (AvgIpc) is 2.29. The van der Waals surface area contributed by atoms with Crippen LogP contribution in [0.2, 0.25) is 0 Å². The number of fused-ring (bicyclic) bond motifs is 1. The molecule has 0 heterocycles. The SMILES string of the molecule is CCOC(=O)C1=C(O)CCc2c(C)cccc21. The van der Waals surface area contributed by atoms with Crippen molar-refractivity contribution in [2.24, 2.45) is 0 Å². The van der Waals surface area contributed by atoms with Gasteiger partial charge in [0.05, 0.1) is 6.61 Å². The lowest BCUT2D eigenvalue weighted by molar-refractivity contribution is -0.136. The number of rotatable bonds is 2. The minimum Gasteiger partial charge on any atom is -0.511 e. The van der Waals surface area contributed by atoms with Crippen molar-refractivity contribution in [3.05, 3.63) is 40.6 Å². The molecule has 0 spiro atoms. The summed E-state index contributed by atoms with van der Waals surface area (Å²) in [4.78, 5) is 11.8. The molecule has 0 aromatic heterocycles. The van der Waals surface area contributed by atoms with Gasteiger partial charge < -0.3 is 9.84 Å². The highest BCUT2D eigenvalue weighted by atomic mass is 16.5. The van der Waals surface area contributed by atoms with Crippen LogP contribution in [0.1, 0.15) is 30.0 Å². The van der Waals surface area contributed by atoms with Gasteiger partial charge in [-0.2, -0.15) is 0 Å². The second kappa shape index (κ2) is 4.62. The van der Waals surface area contributed by atoms with Gasteiger partial charge in [-0.25, -0.2) is 4.79 Å². The minimum atomic E-state index is -0.434. The maximum Gasteiger partial charge on any atom is 0.342 e. The van der Waals surface area contributed by atoms with Crippen LogP contribution in [-0.4, -0.2) is 17.7 Å². The van der Waals surface area contributed by atoms with Gasteiger partial charge in [0.1, 0.15) is 11.3 Å². The molecule has 0 amide bonds. The molecule has 1 aromatic carbocycles. The Kier molecular flexibility index (Phi) is 3.18. The Morgan fingerprint density at radius 1 is 1.41 bits per heavy atom. The molecule has 17 heavy (non-hydrogen) atoms. The number of aliphatic hydroxyl groups excluding tert-OH is 1. The van der Waals surface area contributed by atoms with E-state index in [-0.39, 0.29) is 5.76 Å². The molecule has 0 unspecified atom stereocenters. The molecule has 0 radical (unpaired) electrons. The molecule has 1 aliphatic rings. The van der Waals surface area contributed by atoms with Gasteiger partial charge in [-0.1, -0.05) is 18.2 Å². The second-order valence-corrected chi connectivity index (χ2v) is 4.14. The van der Waals surface area contributed by atoms with Crippen molar-refractivity contribution in [1.82, 2.24) is 0 Å². The topological polar surface area (TPSA) is 46.5 Å². The lowest BCUT2D eigenvalue weighted by atomic mass is 9.87. The standard InChI is InChI=1S/C14H16O3/c1-3-17-14(16)13-11-6-4-5-9(2)10(11)7-8-12(13)15/h4-6,15H,3,7-8H2,1-2H3. The highest BCUT2D eigenvalue weighted by Crippen LogP contribution is 2.32. The summed E-state index contributed by atoms with van der Waals surface area (Å²) < 4.78 is 4.99. The number of carbonyl (C=O) groups excluding carboxylic acids is 1. The molecule has 90 valence electrons. The van der Waals surface area contributed by atoms with E-state index in [0.717, 1.165) is 23.1 Å². The number of allylic oxidation sites excluding steroid dienone is 1. The summed E-state index contributed by atoms with van der Waals surface area (Å²) in [5, 5.41) is 9.88. The number of carbonyl (C=O) groups is 1. The zero-order chi connectivity index (χ0) is 12.4. The fraction of sp³-hybridized carbons (Fsp3) is 0.357. The number of ether oxygens (including phenoxy) is 1. The van der Waals surface area contributed by atoms with E-state index in [1.165, 1.54) is 0 Å². The molecule has 1 aromatic rings. The third-order valence-electron chi connectivity index (χ3n) is 3.06. The van der Waals surface area contributed by atoms with Crippen LogP contribution in [-0.2, 0) is 16.0 Å². The molecule has 0 bridgehead atoms. The van der Waals surface area contributed by atoms with Crippen LogP contribution in [0, 0.1) is 6.92 Å². The van der Waals surface area contributed by atoms with Gasteiger partial charge in [-0.05, 0) is 37.0 Å². The van der Waals surface area contributed by atoms with Crippen LogP contribution in [0.25, 0.3) is 5.57 Å². The van der Waals surface area contributed by atoms with Gasteiger partial charge in [0.15, 0.2) is 0 Å². The summed E-state index contributed by atoms with van der Waals surface area (Å²) in [6, 6.07) is 5.78. The Bertz CT molecular complexity index is 486. The summed E-state index contributed by atoms with van der Waals surface area (Å²) in [6.45, 7) is 4.09. The molecular weight excluding hydrogens is 216 g/mol. The lowest BCUT2D eigenvalue weighted by Crippen LogP contribution is -2.15. The molecule has 2 rings (SSSR count). The smallest absolute Gasteiger partial charge is 0.342 e. The van der Waals surface area contributed by atoms with E-state index in [2.05, 4.69) is 0 Å². The van der Waals surface area contributed by atoms with Gasteiger partial charge in [-0.15, -0.1) is 0 Å². The van der Waals surface area contributed by atoms with E-state index in [4.69, 9.17) is 4.74 Å². The van der Waals surface area contributed by atoms with Crippen LogP contribution >= 0.6 is 0 Å².